The molecule has 0 rings (SSSR count). The van der Waals surface area contributed by atoms with Crippen LogP contribution in [0, 0.1) is 11.3 Å². The van der Waals surface area contributed by atoms with Crippen LogP contribution in [-0.4, -0.2) is 18.6 Å². The zero-order valence-corrected chi connectivity index (χ0v) is 10.1. The van der Waals surface area contributed by atoms with E-state index in [9.17, 15) is 0 Å². The lowest BCUT2D eigenvalue weighted by Gasteiger charge is -2.32. The molecule has 0 saturated carbocycles. The van der Waals surface area contributed by atoms with Crippen LogP contribution < -0.4 is 11.1 Å². The van der Waals surface area contributed by atoms with E-state index in [1.165, 1.54) is 0 Å². The molecule has 0 aliphatic heterocycles. The van der Waals surface area contributed by atoms with Crippen molar-refractivity contribution >= 4 is 0 Å². The summed E-state index contributed by atoms with van der Waals surface area (Å²) in [5.41, 5.74) is 6.24. The van der Waals surface area contributed by atoms with Crippen LogP contribution in [-0.2, 0) is 0 Å². The summed E-state index contributed by atoms with van der Waals surface area (Å²) in [5, 5.41) is 3.50. The fraction of sp³-hybridized carbons (Fsp3) is 1.00. The van der Waals surface area contributed by atoms with Crippen LogP contribution in [0.1, 0.15) is 41.5 Å². The van der Waals surface area contributed by atoms with Crippen LogP contribution in [0.15, 0.2) is 0 Å². The molecule has 0 saturated heterocycles. The molecule has 0 aliphatic carbocycles. The second-order valence-electron chi connectivity index (χ2n) is 5.93. The smallest absolute Gasteiger partial charge is 0.00966 e. The molecule has 1 unspecified atom stereocenters. The van der Waals surface area contributed by atoms with E-state index < -0.39 is 0 Å². The maximum atomic E-state index is 5.75. The lowest BCUT2D eigenvalue weighted by atomic mass is 9.80. The molecule has 80 valence electrons. The van der Waals surface area contributed by atoms with Gasteiger partial charge in [-0.05, 0) is 38.6 Å². The molecular formula is C11H26N2. The molecule has 0 amide bonds. The second-order valence-corrected chi connectivity index (χ2v) is 5.93. The molecular weight excluding hydrogens is 160 g/mol. The summed E-state index contributed by atoms with van der Waals surface area (Å²) in [7, 11) is 0. The van der Waals surface area contributed by atoms with Gasteiger partial charge in [0.25, 0.3) is 0 Å². The van der Waals surface area contributed by atoms with E-state index in [-0.39, 0.29) is 5.54 Å². The van der Waals surface area contributed by atoms with E-state index in [1.807, 2.05) is 0 Å². The molecule has 0 aromatic carbocycles. The van der Waals surface area contributed by atoms with Crippen molar-refractivity contribution in [3.8, 4) is 0 Å². The third-order valence-electron chi connectivity index (χ3n) is 2.39. The zero-order valence-electron chi connectivity index (χ0n) is 10.1. The van der Waals surface area contributed by atoms with Crippen LogP contribution in [0.5, 0.6) is 0 Å². The predicted molar refractivity (Wildman–Crippen MR) is 59.8 cm³/mol. The van der Waals surface area contributed by atoms with Gasteiger partial charge in [-0.25, -0.2) is 0 Å². The van der Waals surface area contributed by atoms with Crippen molar-refractivity contribution < 1.29 is 0 Å². The van der Waals surface area contributed by atoms with Crippen LogP contribution in [0.3, 0.4) is 0 Å². The molecule has 3 N–H and O–H groups in total. The Kier molecular flexibility index (Phi) is 4.40. The lowest BCUT2D eigenvalue weighted by Crippen LogP contribution is -2.44. The van der Waals surface area contributed by atoms with E-state index in [1.54, 1.807) is 0 Å². The Hall–Kier alpha value is -0.0800. The normalized spacial score (nSPS) is 15.9. The Morgan fingerprint density at radius 2 is 1.54 bits per heavy atom. The van der Waals surface area contributed by atoms with E-state index in [4.69, 9.17) is 5.73 Å². The SMILES string of the molecule is CC(C)(C)NCC(CN)C(C)(C)C. The molecule has 0 heterocycles. The summed E-state index contributed by atoms with van der Waals surface area (Å²) < 4.78 is 0. The highest BCUT2D eigenvalue weighted by Gasteiger charge is 2.24. The molecule has 0 spiro atoms. The van der Waals surface area contributed by atoms with Crippen LogP contribution in [0.25, 0.3) is 0 Å². The van der Waals surface area contributed by atoms with Crippen molar-refractivity contribution in [2.45, 2.75) is 47.1 Å². The first-order chi connectivity index (χ1) is 5.67. The van der Waals surface area contributed by atoms with Gasteiger partial charge < -0.3 is 11.1 Å². The van der Waals surface area contributed by atoms with Gasteiger partial charge in [0, 0.05) is 12.1 Å². The van der Waals surface area contributed by atoms with Crippen molar-refractivity contribution in [3.63, 3.8) is 0 Å². The van der Waals surface area contributed by atoms with E-state index in [0.717, 1.165) is 13.1 Å². The minimum absolute atomic E-state index is 0.193. The molecule has 0 fully saturated rings. The van der Waals surface area contributed by atoms with Crippen molar-refractivity contribution in [1.29, 1.82) is 0 Å². The predicted octanol–water partition coefficient (Wildman–Crippen LogP) is 2.00. The van der Waals surface area contributed by atoms with Gasteiger partial charge in [-0.1, -0.05) is 20.8 Å². The van der Waals surface area contributed by atoms with Crippen LogP contribution in [0.2, 0.25) is 0 Å². The maximum Gasteiger partial charge on any atom is 0.00966 e. The fourth-order valence-electron chi connectivity index (χ4n) is 1.17. The second kappa shape index (κ2) is 4.43. The molecule has 0 aromatic heterocycles. The summed E-state index contributed by atoms with van der Waals surface area (Å²) in [4.78, 5) is 0. The van der Waals surface area contributed by atoms with Crippen molar-refractivity contribution in [2.75, 3.05) is 13.1 Å². The Morgan fingerprint density at radius 1 is 1.08 bits per heavy atom. The number of hydrogen-bond donors (Lipinski definition) is 2. The van der Waals surface area contributed by atoms with Crippen molar-refractivity contribution in [3.05, 3.63) is 0 Å². The highest BCUT2D eigenvalue weighted by atomic mass is 14.9. The number of hydrogen-bond acceptors (Lipinski definition) is 2. The largest absolute Gasteiger partial charge is 0.330 e. The standard InChI is InChI=1S/C11H26N2/c1-10(2,3)9(7-12)8-13-11(4,5)6/h9,13H,7-8,12H2,1-6H3. The summed E-state index contributed by atoms with van der Waals surface area (Å²) in [5.74, 6) is 0.548. The number of nitrogens with one attached hydrogen (secondary N) is 1. The quantitative estimate of drug-likeness (QED) is 0.707. The first-order valence-corrected chi connectivity index (χ1v) is 5.12. The van der Waals surface area contributed by atoms with Gasteiger partial charge in [0.2, 0.25) is 0 Å². The highest BCUT2D eigenvalue weighted by molar-refractivity contribution is 4.80. The molecule has 0 radical (unpaired) electrons. The monoisotopic (exact) mass is 186 g/mol. The van der Waals surface area contributed by atoms with Crippen LogP contribution >= 0.6 is 0 Å². The Bertz CT molecular complexity index is 139. The Labute approximate surface area is 83.3 Å². The highest BCUT2D eigenvalue weighted by Crippen LogP contribution is 2.24. The van der Waals surface area contributed by atoms with Gasteiger partial charge in [-0.15, -0.1) is 0 Å². The summed E-state index contributed by atoms with van der Waals surface area (Å²) in [6.07, 6.45) is 0. The lowest BCUT2D eigenvalue weighted by molar-refractivity contribution is 0.222. The minimum Gasteiger partial charge on any atom is -0.330 e. The molecule has 0 aliphatic rings. The Morgan fingerprint density at radius 3 is 1.77 bits per heavy atom. The topological polar surface area (TPSA) is 38.0 Å². The summed E-state index contributed by atoms with van der Waals surface area (Å²) in [6, 6.07) is 0. The van der Waals surface area contributed by atoms with E-state index in [2.05, 4.69) is 46.9 Å². The van der Waals surface area contributed by atoms with Gasteiger partial charge >= 0.3 is 0 Å². The molecule has 0 aromatic rings. The van der Waals surface area contributed by atoms with Gasteiger partial charge in [0.1, 0.15) is 0 Å². The molecule has 13 heavy (non-hydrogen) atoms. The van der Waals surface area contributed by atoms with Crippen molar-refractivity contribution in [1.82, 2.24) is 5.32 Å². The zero-order chi connectivity index (χ0) is 10.7. The Balaban J connectivity index is 4.02. The number of rotatable bonds is 3. The van der Waals surface area contributed by atoms with Crippen molar-refractivity contribution in [2.24, 2.45) is 17.1 Å². The van der Waals surface area contributed by atoms with Gasteiger partial charge in [-0.2, -0.15) is 0 Å². The average Bonchev–Trinajstić information content (AvgIpc) is 1.82. The number of nitrogens with two attached hydrogens (primary N) is 1. The first kappa shape index (κ1) is 12.9. The van der Waals surface area contributed by atoms with Crippen LogP contribution in [0.4, 0.5) is 0 Å². The third-order valence-corrected chi connectivity index (χ3v) is 2.39. The molecule has 0 bridgehead atoms. The average molecular weight is 186 g/mol. The first-order valence-electron chi connectivity index (χ1n) is 5.12. The molecule has 1 atom stereocenters. The third kappa shape index (κ3) is 6.05. The van der Waals surface area contributed by atoms with Gasteiger partial charge in [0.05, 0.1) is 0 Å². The maximum absolute atomic E-state index is 5.75. The molecule has 2 nitrogen and oxygen atoms in total. The van der Waals surface area contributed by atoms with Gasteiger partial charge in [-0.3, -0.25) is 0 Å². The van der Waals surface area contributed by atoms with E-state index in [0.29, 0.717) is 11.3 Å². The minimum atomic E-state index is 0.193. The molecule has 2 heteroatoms. The van der Waals surface area contributed by atoms with E-state index >= 15 is 0 Å². The van der Waals surface area contributed by atoms with Gasteiger partial charge in [0.15, 0.2) is 0 Å². The summed E-state index contributed by atoms with van der Waals surface area (Å²) in [6.45, 7) is 15.0. The fourth-order valence-corrected chi connectivity index (χ4v) is 1.17. The summed E-state index contributed by atoms with van der Waals surface area (Å²) >= 11 is 0.